The molecule has 37 heavy (non-hydrogen) atoms. The summed E-state index contributed by atoms with van der Waals surface area (Å²) in [7, 11) is 0. The molecule has 1 heterocycles. The number of benzene rings is 4. The summed E-state index contributed by atoms with van der Waals surface area (Å²) in [5.41, 5.74) is 1.78. The largest absolute Gasteiger partial charge is 0.488 e. The number of nitrogens with zero attached hydrogens (tertiary/aromatic N) is 3. The van der Waals surface area contributed by atoms with Crippen molar-refractivity contribution in [1.82, 2.24) is 9.66 Å². The van der Waals surface area contributed by atoms with Crippen LogP contribution in [0.3, 0.4) is 0 Å². The summed E-state index contributed by atoms with van der Waals surface area (Å²) in [5, 5.41) is 7.90. The molecule has 0 radical (unpaired) electrons. The lowest BCUT2D eigenvalue weighted by molar-refractivity contribution is 0.306. The van der Waals surface area contributed by atoms with Gasteiger partial charge in [-0.15, -0.1) is 0 Å². The molecule has 186 valence electrons. The second-order valence-corrected chi connectivity index (χ2v) is 11.2. The fourth-order valence-electron chi connectivity index (χ4n) is 4.13. The monoisotopic (exact) mass is 573 g/mol. The van der Waals surface area contributed by atoms with E-state index < -0.39 is 5.41 Å². The van der Waals surface area contributed by atoms with Crippen molar-refractivity contribution in [2.75, 3.05) is 0 Å². The number of fused-ring (bicyclic) bond motifs is 2. The van der Waals surface area contributed by atoms with Crippen LogP contribution in [0, 0.1) is 0 Å². The molecule has 0 saturated carbocycles. The molecular weight excluding hydrogens is 550 g/mol. The van der Waals surface area contributed by atoms with Crippen LogP contribution in [0.5, 0.6) is 5.75 Å². The smallest absolute Gasteiger partial charge is 0.282 e. The van der Waals surface area contributed by atoms with E-state index in [4.69, 9.17) is 26.4 Å². The van der Waals surface area contributed by atoms with Gasteiger partial charge in [-0.05, 0) is 52.7 Å². The summed E-state index contributed by atoms with van der Waals surface area (Å²) < 4.78 is 8.44. The molecule has 0 atom stereocenters. The highest BCUT2D eigenvalue weighted by Crippen LogP contribution is 2.28. The topological polar surface area (TPSA) is 56.5 Å². The zero-order chi connectivity index (χ0) is 26.2. The van der Waals surface area contributed by atoms with Crippen molar-refractivity contribution in [1.29, 1.82) is 0 Å². The predicted molar refractivity (Wildman–Crippen MR) is 155 cm³/mol. The molecule has 0 unspecified atom stereocenters. The molecule has 0 aliphatic carbocycles. The zero-order valence-corrected chi connectivity index (χ0v) is 23.0. The normalized spacial score (nSPS) is 12.0. The molecule has 5 aromatic rings. The van der Waals surface area contributed by atoms with Gasteiger partial charge in [-0.1, -0.05) is 90.8 Å². The van der Waals surface area contributed by atoms with E-state index >= 15 is 0 Å². The lowest BCUT2D eigenvalue weighted by Crippen LogP contribution is -2.29. The van der Waals surface area contributed by atoms with Gasteiger partial charge in [-0.25, -0.2) is 4.98 Å². The Morgan fingerprint density at radius 1 is 1.00 bits per heavy atom. The molecule has 5 rings (SSSR count). The first-order valence-electron chi connectivity index (χ1n) is 11.9. The van der Waals surface area contributed by atoms with Gasteiger partial charge in [0.25, 0.3) is 5.56 Å². The molecule has 0 spiro atoms. The molecule has 5 nitrogen and oxygen atoms in total. The minimum atomic E-state index is -0.412. The average molecular weight is 575 g/mol. The molecule has 4 aromatic carbocycles. The van der Waals surface area contributed by atoms with Crippen LogP contribution in [-0.2, 0) is 12.0 Å². The number of rotatable bonds is 5. The second kappa shape index (κ2) is 10.1. The van der Waals surface area contributed by atoms with E-state index in [9.17, 15) is 4.79 Å². The Morgan fingerprint density at radius 2 is 1.76 bits per heavy atom. The Morgan fingerprint density at radius 3 is 2.51 bits per heavy atom. The molecule has 0 amide bonds. The summed E-state index contributed by atoms with van der Waals surface area (Å²) >= 11 is 9.49. The standard InChI is InChI=1S/C30H25BrClN3O2/c1-30(2,3)29-34-26-14-11-21(31)16-24(26)28(36)35(29)33-17-25-23-7-5-4-6-20(23)10-15-27(25)37-18-19-8-12-22(32)13-9-19/h4-17H,18H2,1-3H3. The maximum absolute atomic E-state index is 13.6. The molecule has 0 N–H and O–H groups in total. The maximum atomic E-state index is 13.6. The Bertz CT molecular complexity index is 1700. The molecule has 0 saturated heterocycles. The maximum Gasteiger partial charge on any atom is 0.282 e. The summed E-state index contributed by atoms with van der Waals surface area (Å²) in [6, 6.07) is 25.0. The molecule has 7 heteroatoms. The minimum Gasteiger partial charge on any atom is -0.488 e. The van der Waals surface area contributed by atoms with Crippen LogP contribution < -0.4 is 10.3 Å². The van der Waals surface area contributed by atoms with Crippen molar-refractivity contribution in [2.45, 2.75) is 32.8 Å². The van der Waals surface area contributed by atoms with E-state index in [1.165, 1.54) is 4.68 Å². The number of hydrogen-bond donors (Lipinski definition) is 0. The van der Waals surface area contributed by atoms with Gasteiger partial charge >= 0.3 is 0 Å². The van der Waals surface area contributed by atoms with E-state index in [0.29, 0.717) is 34.1 Å². The van der Waals surface area contributed by atoms with Crippen molar-refractivity contribution in [3.63, 3.8) is 0 Å². The first-order chi connectivity index (χ1) is 17.7. The van der Waals surface area contributed by atoms with Gasteiger partial charge in [0.05, 0.1) is 17.1 Å². The Hall–Kier alpha value is -3.48. The van der Waals surface area contributed by atoms with Crippen molar-refractivity contribution in [3.8, 4) is 5.75 Å². The Balaban J connectivity index is 1.64. The van der Waals surface area contributed by atoms with Crippen molar-refractivity contribution in [2.24, 2.45) is 5.10 Å². The van der Waals surface area contributed by atoms with Gasteiger partial charge in [0, 0.05) is 20.5 Å². The van der Waals surface area contributed by atoms with Crippen molar-refractivity contribution < 1.29 is 4.74 Å². The summed E-state index contributed by atoms with van der Waals surface area (Å²) in [6.07, 6.45) is 1.70. The van der Waals surface area contributed by atoms with Crippen LogP contribution in [0.1, 0.15) is 37.7 Å². The van der Waals surface area contributed by atoms with E-state index in [-0.39, 0.29) is 5.56 Å². The Kier molecular flexibility index (Phi) is 6.88. The highest BCUT2D eigenvalue weighted by molar-refractivity contribution is 9.10. The quantitative estimate of drug-likeness (QED) is 0.202. The number of aromatic nitrogens is 2. The van der Waals surface area contributed by atoms with Crippen LogP contribution in [0.4, 0.5) is 0 Å². The molecular formula is C30H25BrClN3O2. The SMILES string of the molecule is CC(C)(C)c1nc2ccc(Br)cc2c(=O)n1N=Cc1c(OCc2ccc(Cl)cc2)ccc2ccccc12. The van der Waals surface area contributed by atoms with Crippen molar-refractivity contribution >= 4 is 55.4 Å². The van der Waals surface area contributed by atoms with Gasteiger partial charge in [-0.2, -0.15) is 9.78 Å². The third-order valence-corrected chi connectivity index (χ3v) is 6.76. The Labute approximate surface area is 228 Å². The molecule has 1 aromatic heterocycles. The molecule has 0 bridgehead atoms. The van der Waals surface area contributed by atoms with E-state index in [1.54, 1.807) is 12.3 Å². The minimum absolute atomic E-state index is 0.226. The lowest BCUT2D eigenvalue weighted by atomic mass is 9.95. The van der Waals surface area contributed by atoms with Gasteiger partial charge in [0.2, 0.25) is 0 Å². The lowest BCUT2D eigenvalue weighted by Gasteiger charge is -2.21. The van der Waals surface area contributed by atoms with E-state index in [0.717, 1.165) is 26.4 Å². The number of hydrogen-bond acceptors (Lipinski definition) is 4. The van der Waals surface area contributed by atoms with E-state index in [1.807, 2.05) is 93.6 Å². The molecule has 0 aliphatic heterocycles. The second-order valence-electron chi connectivity index (χ2n) is 9.82. The van der Waals surface area contributed by atoms with E-state index in [2.05, 4.69) is 15.9 Å². The first kappa shape index (κ1) is 25.2. The summed E-state index contributed by atoms with van der Waals surface area (Å²) in [6.45, 7) is 6.42. The van der Waals surface area contributed by atoms with Crippen LogP contribution in [0.15, 0.2) is 93.2 Å². The molecule has 0 aliphatic rings. The number of halogens is 2. The van der Waals surface area contributed by atoms with Gasteiger partial charge in [0.15, 0.2) is 0 Å². The zero-order valence-electron chi connectivity index (χ0n) is 20.7. The number of ether oxygens (including phenoxy) is 1. The average Bonchev–Trinajstić information content (AvgIpc) is 2.87. The van der Waals surface area contributed by atoms with Gasteiger partial charge in [-0.3, -0.25) is 4.79 Å². The predicted octanol–water partition coefficient (Wildman–Crippen LogP) is 7.72. The summed E-state index contributed by atoms with van der Waals surface area (Å²) in [4.78, 5) is 18.4. The van der Waals surface area contributed by atoms with Crippen LogP contribution in [0.25, 0.3) is 21.7 Å². The van der Waals surface area contributed by atoms with Crippen LogP contribution in [0.2, 0.25) is 5.02 Å². The van der Waals surface area contributed by atoms with Crippen molar-refractivity contribution in [3.05, 3.63) is 116 Å². The fourth-order valence-corrected chi connectivity index (χ4v) is 4.62. The highest BCUT2D eigenvalue weighted by Gasteiger charge is 2.23. The summed E-state index contributed by atoms with van der Waals surface area (Å²) in [5.74, 6) is 1.24. The molecule has 0 fully saturated rings. The van der Waals surface area contributed by atoms with Crippen LogP contribution >= 0.6 is 27.5 Å². The first-order valence-corrected chi connectivity index (χ1v) is 13.0. The van der Waals surface area contributed by atoms with Crippen LogP contribution in [-0.4, -0.2) is 15.9 Å². The van der Waals surface area contributed by atoms with Gasteiger partial charge in [0.1, 0.15) is 18.2 Å². The third-order valence-electron chi connectivity index (χ3n) is 6.02. The third kappa shape index (κ3) is 5.31. The highest BCUT2D eigenvalue weighted by atomic mass is 79.9. The van der Waals surface area contributed by atoms with Gasteiger partial charge < -0.3 is 4.74 Å². The fraction of sp³-hybridized carbons (Fsp3) is 0.167.